The highest BCUT2D eigenvalue weighted by Gasteiger charge is 2.33. The molecule has 11 heteroatoms. The number of ether oxygens (including phenoxy) is 2. The van der Waals surface area contributed by atoms with E-state index in [-0.39, 0.29) is 35.4 Å². The van der Waals surface area contributed by atoms with E-state index in [9.17, 15) is 22.4 Å². The molecule has 0 aliphatic carbocycles. The molecule has 3 aromatic rings. The number of aryl methyl sites for hydroxylation is 1. The predicted octanol–water partition coefficient (Wildman–Crippen LogP) is 4.43. The van der Waals surface area contributed by atoms with Crippen LogP contribution in [-0.2, 0) is 26.2 Å². The van der Waals surface area contributed by atoms with Gasteiger partial charge in [0, 0.05) is 19.2 Å². The van der Waals surface area contributed by atoms with Crippen molar-refractivity contribution in [3.8, 4) is 11.5 Å². The van der Waals surface area contributed by atoms with Crippen LogP contribution in [-0.4, -0.2) is 57.5 Å². The number of rotatable bonds is 12. The van der Waals surface area contributed by atoms with Gasteiger partial charge in [0.1, 0.15) is 31.6 Å². The molecule has 42 heavy (non-hydrogen) atoms. The first-order valence-corrected chi connectivity index (χ1v) is 15.4. The molecule has 1 heterocycles. The van der Waals surface area contributed by atoms with Crippen molar-refractivity contribution in [1.82, 2.24) is 10.2 Å². The molecule has 9 nitrogen and oxygen atoms in total. The van der Waals surface area contributed by atoms with Gasteiger partial charge in [0.05, 0.1) is 10.6 Å². The molecule has 1 aliphatic heterocycles. The number of carbonyl (C=O) groups excluding carboxylic acids is 2. The number of hydrogen-bond donors (Lipinski definition) is 1. The first-order valence-electron chi connectivity index (χ1n) is 13.9. The lowest BCUT2D eigenvalue weighted by atomic mass is 10.1. The van der Waals surface area contributed by atoms with Gasteiger partial charge in [0.2, 0.25) is 11.8 Å². The van der Waals surface area contributed by atoms with Crippen LogP contribution in [0.15, 0.2) is 71.6 Å². The number of fused-ring (bicyclic) bond motifs is 1. The average molecular weight is 598 g/mol. The highest BCUT2D eigenvalue weighted by molar-refractivity contribution is 7.92. The van der Waals surface area contributed by atoms with Crippen LogP contribution < -0.4 is 19.1 Å². The highest BCUT2D eigenvalue weighted by atomic mass is 32.2. The van der Waals surface area contributed by atoms with Crippen LogP contribution in [0.25, 0.3) is 0 Å². The van der Waals surface area contributed by atoms with Gasteiger partial charge in [-0.1, -0.05) is 37.6 Å². The number of carbonyl (C=O) groups is 2. The van der Waals surface area contributed by atoms with Crippen molar-refractivity contribution >= 4 is 27.5 Å². The molecule has 0 saturated heterocycles. The Kier molecular flexibility index (Phi) is 10.1. The van der Waals surface area contributed by atoms with Crippen LogP contribution >= 0.6 is 0 Å². The lowest BCUT2D eigenvalue weighted by Gasteiger charge is -2.32. The summed E-state index contributed by atoms with van der Waals surface area (Å²) in [6, 6.07) is 15.7. The molecular weight excluding hydrogens is 561 g/mol. The second-order valence-corrected chi connectivity index (χ2v) is 11.9. The van der Waals surface area contributed by atoms with Crippen LogP contribution in [0.4, 0.5) is 10.1 Å². The molecule has 224 valence electrons. The zero-order chi connectivity index (χ0) is 30.3. The normalized spacial score (nSPS) is 13.2. The van der Waals surface area contributed by atoms with Crippen molar-refractivity contribution in [2.75, 3.05) is 30.6 Å². The van der Waals surface area contributed by atoms with Crippen molar-refractivity contribution in [1.29, 1.82) is 0 Å². The number of unbranched alkanes of at least 4 members (excludes halogenated alkanes) is 1. The second kappa shape index (κ2) is 13.7. The smallest absolute Gasteiger partial charge is 0.264 e. The summed E-state index contributed by atoms with van der Waals surface area (Å²) in [5, 5.41) is 2.86. The van der Waals surface area contributed by atoms with E-state index in [1.165, 1.54) is 35.2 Å². The molecule has 0 aromatic heterocycles. The van der Waals surface area contributed by atoms with Gasteiger partial charge in [-0.05, 0) is 67.8 Å². The maximum Gasteiger partial charge on any atom is 0.264 e. The topological polar surface area (TPSA) is 105 Å². The van der Waals surface area contributed by atoms with Crippen LogP contribution in [0, 0.1) is 12.7 Å². The fourth-order valence-corrected chi connectivity index (χ4v) is 5.97. The van der Waals surface area contributed by atoms with E-state index in [2.05, 4.69) is 5.32 Å². The van der Waals surface area contributed by atoms with E-state index < -0.39 is 34.3 Å². The molecule has 1 aliphatic rings. The Hall–Kier alpha value is -4.12. The van der Waals surface area contributed by atoms with Crippen LogP contribution in [0.5, 0.6) is 11.5 Å². The first-order chi connectivity index (χ1) is 20.1. The van der Waals surface area contributed by atoms with E-state index in [4.69, 9.17) is 9.47 Å². The third-order valence-electron chi connectivity index (χ3n) is 7.09. The quantitative estimate of drug-likeness (QED) is 0.310. The monoisotopic (exact) mass is 597 g/mol. The third kappa shape index (κ3) is 7.20. The summed E-state index contributed by atoms with van der Waals surface area (Å²) in [6.07, 6.45) is 1.68. The Bertz CT molecular complexity index is 1510. The fraction of sp³-hybridized carbons (Fsp3) is 0.355. The number of nitrogens with one attached hydrogen (secondary N) is 1. The minimum Gasteiger partial charge on any atom is -0.486 e. The van der Waals surface area contributed by atoms with Gasteiger partial charge < -0.3 is 19.7 Å². The Labute approximate surface area is 246 Å². The van der Waals surface area contributed by atoms with Gasteiger partial charge in [-0.15, -0.1) is 0 Å². The molecule has 0 saturated carbocycles. The molecule has 1 N–H and O–H groups in total. The maximum absolute atomic E-state index is 14.0. The van der Waals surface area contributed by atoms with Gasteiger partial charge in [0.15, 0.2) is 11.5 Å². The molecule has 1 atom stereocenters. The molecule has 0 fully saturated rings. The molecule has 0 spiro atoms. The van der Waals surface area contributed by atoms with E-state index in [0.717, 1.165) is 40.4 Å². The maximum atomic E-state index is 14.0. The fourth-order valence-electron chi connectivity index (χ4n) is 4.54. The van der Waals surface area contributed by atoms with Gasteiger partial charge in [0.25, 0.3) is 10.0 Å². The predicted molar refractivity (Wildman–Crippen MR) is 157 cm³/mol. The number of benzene rings is 3. The van der Waals surface area contributed by atoms with Gasteiger partial charge >= 0.3 is 0 Å². The highest BCUT2D eigenvalue weighted by Crippen LogP contribution is 2.34. The van der Waals surface area contributed by atoms with E-state index in [1.807, 2.05) is 38.1 Å². The van der Waals surface area contributed by atoms with Gasteiger partial charge in [-0.3, -0.25) is 13.9 Å². The third-order valence-corrected chi connectivity index (χ3v) is 8.86. The lowest BCUT2D eigenvalue weighted by Crippen LogP contribution is -2.51. The zero-order valence-corrected chi connectivity index (χ0v) is 24.8. The molecule has 0 bridgehead atoms. The molecule has 3 aromatic carbocycles. The van der Waals surface area contributed by atoms with Crippen LogP contribution in [0.3, 0.4) is 0 Å². The lowest BCUT2D eigenvalue weighted by molar-refractivity contribution is -0.139. The Morgan fingerprint density at radius 2 is 1.69 bits per heavy atom. The molecule has 0 unspecified atom stereocenters. The van der Waals surface area contributed by atoms with Crippen molar-refractivity contribution in [2.24, 2.45) is 0 Å². The Morgan fingerprint density at radius 1 is 1.00 bits per heavy atom. The molecule has 0 radical (unpaired) electrons. The number of sulfonamides is 1. The summed E-state index contributed by atoms with van der Waals surface area (Å²) in [5.41, 5.74) is 1.84. The molecule has 2 amide bonds. The van der Waals surface area contributed by atoms with Gasteiger partial charge in [-0.25, -0.2) is 12.8 Å². The molecular formula is C31H36FN3O6S. The zero-order valence-electron chi connectivity index (χ0n) is 24.0. The van der Waals surface area contributed by atoms with Gasteiger partial charge in [-0.2, -0.15) is 0 Å². The summed E-state index contributed by atoms with van der Waals surface area (Å²) in [6.45, 7) is 6.08. The van der Waals surface area contributed by atoms with E-state index >= 15 is 0 Å². The summed E-state index contributed by atoms with van der Waals surface area (Å²) >= 11 is 0. The standard InChI is InChI=1S/C31H36FN3O6S/c1-4-5-16-33-31(37)23(3)34(20-24-9-7-6-8-22(24)2)30(36)21-35(26-12-10-25(32)11-13-26)42(38,39)27-14-15-28-29(19-27)41-18-17-40-28/h6-15,19,23H,4-5,16-18,20-21H2,1-3H3,(H,33,37)/t23-/m0/s1. The number of amides is 2. The van der Waals surface area contributed by atoms with Crippen LogP contribution in [0.1, 0.15) is 37.8 Å². The number of halogens is 1. The van der Waals surface area contributed by atoms with Crippen molar-refractivity contribution < 1.29 is 31.9 Å². The first kappa shape index (κ1) is 30.8. The Morgan fingerprint density at radius 3 is 2.38 bits per heavy atom. The van der Waals surface area contributed by atoms with Crippen molar-refractivity contribution in [3.05, 3.63) is 83.7 Å². The summed E-state index contributed by atoms with van der Waals surface area (Å²) < 4.78 is 53.9. The summed E-state index contributed by atoms with van der Waals surface area (Å²) in [4.78, 5) is 28.3. The van der Waals surface area contributed by atoms with E-state index in [1.54, 1.807) is 6.92 Å². The average Bonchev–Trinajstić information content (AvgIpc) is 2.99. The number of hydrogen-bond acceptors (Lipinski definition) is 6. The largest absolute Gasteiger partial charge is 0.486 e. The minimum atomic E-state index is -4.35. The van der Waals surface area contributed by atoms with E-state index in [0.29, 0.717) is 18.9 Å². The van der Waals surface area contributed by atoms with Crippen molar-refractivity contribution in [2.45, 2.75) is 51.1 Å². The SMILES string of the molecule is CCCCNC(=O)[C@H](C)N(Cc1ccccc1C)C(=O)CN(c1ccc(F)cc1)S(=O)(=O)c1ccc2c(c1)OCCO2. The minimum absolute atomic E-state index is 0.0925. The van der Waals surface area contributed by atoms with Crippen LogP contribution in [0.2, 0.25) is 0 Å². The van der Waals surface area contributed by atoms with Crippen molar-refractivity contribution in [3.63, 3.8) is 0 Å². The number of anilines is 1. The Balaban J connectivity index is 1.70. The summed E-state index contributed by atoms with van der Waals surface area (Å²) in [7, 11) is -4.35. The number of nitrogens with zero attached hydrogens (tertiary/aromatic N) is 2. The second-order valence-electron chi connectivity index (χ2n) is 10.1. The summed E-state index contributed by atoms with van der Waals surface area (Å²) in [5.74, 6) is -0.807. The molecule has 4 rings (SSSR count).